The van der Waals surface area contributed by atoms with Gasteiger partial charge in [0.15, 0.2) is 5.65 Å². The van der Waals surface area contributed by atoms with Crippen LogP contribution in [0.1, 0.15) is 18.9 Å². The molecule has 10 nitrogen and oxygen atoms in total. The number of rotatable bonds is 5. The Hall–Kier alpha value is -3.24. The Morgan fingerprint density at radius 2 is 1.85 bits per heavy atom. The second kappa shape index (κ2) is 9.32. The second-order valence-corrected chi connectivity index (χ2v) is 8.53. The molecule has 2 aliphatic rings. The fourth-order valence-electron chi connectivity index (χ4n) is 4.44. The molecule has 0 amide bonds. The van der Waals surface area contributed by atoms with Gasteiger partial charge in [0.25, 0.3) is 0 Å². The monoisotopic (exact) mass is 451 g/mol. The van der Waals surface area contributed by atoms with Crippen molar-refractivity contribution in [3.63, 3.8) is 0 Å². The summed E-state index contributed by atoms with van der Waals surface area (Å²) in [6.45, 7) is 5.30. The van der Waals surface area contributed by atoms with Gasteiger partial charge in [-0.15, -0.1) is 0 Å². The summed E-state index contributed by atoms with van der Waals surface area (Å²) >= 11 is 0. The van der Waals surface area contributed by atoms with Crippen molar-refractivity contribution < 1.29 is 9.47 Å². The standard InChI is InChI=1S/C23H29N7O3/c1-28-7-9-29(10-8-28)18-3-4-19(20(13-18)32-2)26-22-24-14-16-15-25-23(31)30(21(16)27-22)17-5-11-33-12-6-17/h3-4,13-15,17H,5-12H2,1-2H3,(H,24,26,27). The molecular formula is C23H29N7O3. The zero-order valence-corrected chi connectivity index (χ0v) is 19.0. The average Bonchev–Trinajstić information content (AvgIpc) is 2.85. The van der Waals surface area contributed by atoms with Crippen molar-refractivity contribution in [2.45, 2.75) is 18.9 Å². The Balaban J connectivity index is 1.44. The van der Waals surface area contributed by atoms with E-state index in [2.05, 4.69) is 38.2 Å². The van der Waals surface area contributed by atoms with Crippen LogP contribution in [0.15, 0.2) is 35.4 Å². The molecule has 1 N–H and O–H groups in total. The van der Waals surface area contributed by atoms with Crippen LogP contribution in [0, 0.1) is 0 Å². The molecule has 174 valence electrons. The SMILES string of the molecule is COc1cc(N2CCN(C)CC2)ccc1Nc1ncc2cnc(=O)n(C3CCOCC3)c2n1. The van der Waals surface area contributed by atoms with Gasteiger partial charge in [0.05, 0.1) is 18.2 Å². The first-order valence-electron chi connectivity index (χ1n) is 11.3. The third-order valence-corrected chi connectivity index (χ3v) is 6.40. The summed E-state index contributed by atoms with van der Waals surface area (Å²) < 4.78 is 12.8. The van der Waals surface area contributed by atoms with Crippen molar-refractivity contribution >= 4 is 28.4 Å². The zero-order chi connectivity index (χ0) is 22.8. The number of nitrogens with one attached hydrogen (secondary N) is 1. The van der Waals surface area contributed by atoms with Crippen LogP contribution in [-0.4, -0.2) is 78.0 Å². The number of nitrogens with zero attached hydrogens (tertiary/aromatic N) is 6. The number of hydrogen-bond donors (Lipinski definition) is 1. The number of piperazine rings is 1. The molecule has 2 aliphatic heterocycles. The van der Waals surface area contributed by atoms with Crippen molar-refractivity contribution in [3.05, 3.63) is 41.1 Å². The van der Waals surface area contributed by atoms with Crippen LogP contribution in [0.5, 0.6) is 5.75 Å². The van der Waals surface area contributed by atoms with E-state index in [-0.39, 0.29) is 11.7 Å². The van der Waals surface area contributed by atoms with Crippen LogP contribution in [0.25, 0.3) is 11.0 Å². The zero-order valence-electron chi connectivity index (χ0n) is 19.0. The molecule has 0 bridgehead atoms. The molecule has 0 atom stereocenters. The van der Waals surface area contributed by atoms with E-state index in [0.717, 1.165) is 55.8 Å². The Labute approximate surface area is 192 Å². The van der Waals surface area contributed by atoms with Gasteiger partial charge >= 0.3 is 5.69 Å². The number of aromatic nitrogens is 4. The molecule has 0 spiro atoms. The van der Waals surface area contributed by atoms with Crippen molar-refractivity contribution in [1.82, 2.24) is 24.4 Å². The van der Waals surface area contributed by atoms with E-state index in [1.165, 1.54) is 6.20 Å². The van der Waals surface area contributed by atoms with Crippen LogP contribution in [0.3, 0.4) is 0 Å². The lowest BCUT2D eigenvalue weighted by Gasteiger charge is -2.34. The van der Waals surface area contributed by atoms with Gasteiger partial charge in [-0.05, 0) is 32.0 Å². The molecule has 2 saturated heterocycles. The number of benzene rings is 1. The van der Waals surface area contributed by atoms with E-state index in [0.29, 0.717) is 30.6 Å². The van der Waals surface area contributed by atoms with Crippen LogP contribution in [-0.2, 0) is 4.74 Å². The number of anilines is 3. The smallest absolute Gasteiger partial charge is 0.349 e. The maximum atomic E-state index is 12.6. The number of ether oxygens (including phenoxy) is 2. The number of hydrogen-bond acceptors (Lipinski definition) is 9. The topological polar surface area (TPSA) is 97.6 Å². The molecule has 0 radical (unpaired) electrons. The van der Waals surface area contributed by atoms with Gasteiger partial charge in [-0.1, -0.05) is 0 Å². The van der Waals surface area contributed by atoms with Gasteiger partial charge in [0, 0.05) is 69.6 Å². The Kier molecular flexibility index (Phi) is 6.10. The molecule has 2 fully saturated rings. The molecule has 3 aromatic rings. The molecule has 5 rings (SSSR count). The van der Waals surface area contributed by atoms with Crippen molar-refractivity contribution in [2.24, 2.45) is 0 Å². The summed E-state index contributed by atoms with van der Waals surface area (Å²) in [5.74, 6) is 1.12. The highest BCUT2D eigenvalue weighted by Gasteiger charge is 2.21. The highest BCUT2D eigenvalue weighted by molar-refractivity contribution is 5.76. The van der Waals surface area contributed by atoms with Crippen LogP contribution < -0.4 is 20.6 Å². The Morgan fingerprint density at radius 1 is 1.09 bits per heavy atom. The minimum Gasteiger partial charge on any atom is -0.494 e. The van der Waals surface area contributed by atoms with Crippen LogP contribution in [0.4, 0.5) is 17.3 Å². The third-order valence-electron chi connectivity index (χ3n) is 6.40. The molecule has 0 aliphatic carbocycles. The minimum absolute atomic E-state index is 0.0163. The number of likely N-dealkylation sites (N-methyl/N-ethyl adjacent to an activating group) is 1. The highest BCUT2D eigenvalue weighted by Crippen LogP contribution is 2.32. The molecule has 4 heterocycles. The lowest BCUT2D eigenvalue weighted by atomic mass is 10.1. The second-order valence-electron chi connectivity index (χ2n) is 8.53. The van der Waals surface area contributed by atoms with E-state index in [4.69, 9.17) is 14.5 Å². The summed E-state index contributed by atoms with van der Waals surface area (Å²) in [5, 5.41) is 3.99. The predicted octanol–water partition coefficient (Wildman–Crippen LogP) is 2.04. The fraction of sp³-hybridized carbons (Fsp3) is 0.478. The lowest BCUT2D eigenvalue weighted by molar-refractivity contribution is 0.0694. The van der Waals surface area contributed by atoms with Crippen LogP contribution in [0.2, 0.25) is 0 Å². The summed E-state index contributed by atoms with van der Waals surface area (Å²) in [7, 11) is 3.80. The maximum absolute atomic E-state index is 12.6. The maximum Gasteiger partial charge on any atom is 0.349 e. The first-order chi connectivity index (χ1) is 16.1. The largest absolute Gasteiger partial charge is 0.494 e. The van der Waals surface area contributed by atoms with Crippen molar-refractivity contribution in [1.29, 1.82) is 0 Å². The van der Waals surface area contributed by atoms with E-state index >= 15 is 0 Å². The minimum atomic E-state index is -0.298. The molecule has 1 aromatic carbocycles. The first-order valence-corrected chi connectivity index (χ1v) is 11.3. The number of fused-ring (bicyclic) bond motifs is 1. The van der Waals surface area contributed by atoms with Crippen molar-refractivity contribution in [3.8, 4) is 5.75 Å². The molecule has 0 saturated carbocycles. The summed E-state index contributed by atoms with van der Waals surface area (Å²) in [6, 6.07) is 6.12. The third kappa shape index (κ3) is 4.49. The van der Waals surface area contributed by atoms with E-state index in [9.17, 15) is 4.79 Å². The summed E-state index contributed by atoms with van der Waals surface area (Å²) in [4.78, 5) is 30.5. The Morgan fingerprint density at radius 3 is 2.61 bits per heavy atom. The van der Waals surface area contributed by atoms with E-state index < -0.39 is 0 Å². The summed E-state index contributed by atoms with van der Waals surface area (Å²) in [5.41, 5.74) is 2.17. The van der Waals surface area contributed by atoms with Gasteiger partial charge < -0.3 is 24.6 Å². The van der Waals surface area contributed by atoms with Gasteiger partial charge in [-0.3, -0.25) is 4.57 Å². The lowest BCUT2D eigenvalue weighted by Crippen LogP contribution is -2.44. The molecule has 0 unspecified atom stereocenters. The number of methoxy groups -OCH3 is 1. The van der Waals surface area contributed by atoms with Gasteiger partial charge in [-0.2, -0.15) is 4.98 Å². The van der Waals surface area contributed by atoms with Gasteiger partial charge in [0.1, 0.15) is 5.75 Å². The molecule has 10 heteroatoms. The quantitative estimate of drug-likeness (QED) is 0.625. The normalized spacial score (nSPS) is 17.9. The van der Waals surface area contributed by atoms with Crippen molar-refractivity contribution in [2.75, 3.05) is 63.8 Å². The molecular weight excluding hydrogens is 422 g/mol. The first kappa shape index (κ1) is 21.6. The van der Waals surface area contributed by atoms with E-state index in [1.54, 1.807) is 17.9 Å². The Bertz CT molecular complexity index is 1180. The van der Waals surface area contributed by atoms with Crippen LogP contribution >= 0.6 is 0 Å². The van der Waals surface area contributed by atoms with Gasteiger partial charge in [0.2, 0.25) is 5.95 Å². The highest BCUT2D eigenvalue weighted by atomic mass is 16.5. The summed E-state index contributed by atoms with van der Waals surface area (Å²) in [6.07, 6.45) is 4.74. The van der Waals surface area contributed by atoms with Gasteiger partial charge in [-0.25, -0.2) is 14.8 Å². The average molecular weight is 452 g/mol. The fourth-order valence-corrected chi connectivity index (χ4v) is 4.44. The molecule has 33 heavy (non-hydrogen) atoms. The van der Waals surface area contributed by atoms with E-state index in [1.807, 2.05) is 12.1 Å². The molecule has 2 aromatic heterocycles. The predicted molar refractivity (Wildman–Crippen MR) is 127 cm³/mol.